The Labute approximate surface area is 890 Å². The van der Waals surface area contributed by atoms with Crippen LogP contribution in [0, 0.1) is 0 Å². The molecule has 0 aromatic heterocycles. The van der Waals surface area contributed by atoms with Gasteiger partial charge in [0.25, 0.3) is 0 Å². The number of nitrogens with zero attached hydrogens (tertiary/aromatic N) is 3. The Balaban J connectivity index is 0.000000902. The van der Waals surface area contributed by atoms with Gasteiger partial charge < -0.3 is 70.9 Å². The Morgan fingerprint density at radius 3 is 1.03 bits per heavy atom. The molecule has 10 N–H and O–H groups in total. The molecule has 10 atom stereocenters. The van der Waals surface area contributed by atoms with E-state index in [-0.39, 0.29) is 101 Å². The summed E-state index contributed by atoms with van der Waals surface area (Å²) < 4.78 is 26.5. The zero-order valence-electron chi connectivity index (χ0n) is 87.9. The van der Waals surface area contributed by atoms with E-state index in [1.54, 1.807) is 70.8 Å². The second-order valence-corrected chi connectivity index (χ2v) is 45.7. The van der Waals surface area contributed by atoms with Gasteiger partial charge in [0.1, 0.15) is 50.6 Å². The van der Waals surface area contributed by atoms with E-state index in [0.717, 1.165) is 207 Å². The van der Waals surface area contributed by atoms with Gasteiger partial charge in [-0.3, -0.25) is 48.3 Å². The monoisotopic (exact) mass is 2140 g/mol. The summed E-state index contributed by atoms with van der Waals surface area (Å²) >= 11 is 12.9. The molecule has 0 spiro atoms. The van der Waals surface area contributed by atoms with E-state index in [2.05, 4.69) is 107 Å². The molecule has 6 rings (SSSR count). The molecule has 3 aliphatic rings. The number of nitrogens with one attached hydrogen (secondary N) is 3. The van der Waals surface area contributed by atoms with Crippen LogP contribution in [0.5, 0.6) is 0 Å². The number of aliphatic carboxylic acids is 5. The van der Waals surface area contributed by atoms with Gasteiger partial charge in [-0.15, -0.1) is 41.9 Å². The summed E-state index contributed by atoms with van der Waals surface area (Å²) in [4.78, 5) is 141. The lowest BCUT2D eigenvalue weighted by Gasteiger charge is -2.31. The summed E-state index contributed by atoms with van der Waals surface area (Å²) in [6.45, 7) is 29.1. The average molecular weight is 2140 g/mol. The molecule has 6 amide bonds. The number of carboxylic acids is 5. The van der Waals surface area contributed by atoms with Crippen LogP contribution < -0.4 is 21.7 Å². The van der Waals surface area contributed by atoms with Crippen molar-refractivity contribution in [2.24, 2.45) is 5.73 Å². The van der Waals surface area contributed by atoms with Gasteiger partial charge in [0.05, 0.1) is 37.3 Å². The van der Waals surface area contributed by atoms with Crippen molar-refractivity contribution in [1.82, 2.24) is 30.7 Å². The number of amides is 6. The highest BCUT2D eigenvalue weighted by molar-refractivity contribution is 8.76. The Morgan fingerprint density at radius 1 is 0.417 bits per heavy atom. The zero-order valence-corrected chi connectivity index (χ0v) is 93.8. The highest BCUT2D eigenvalue weighted by Gasteiger charge is 2.45. The van der Waals surface area contributed by atoms with Gasteiger partial charge in [-0.25, -0.2) is 24.0 Å². The molecular weight excluding hydrogens is 1970 g/mol. The molecule has 0 radical (unpaired) electrons. The minimum Gasteiger partial charge on any atom is -0.481 e. The van der Waals surface area contributed by atoms with Crippen LogP contribution in [0.25, 0.3) is 0 Å². The first kappa shape index (κ1) is 134. The maximum absolute atomic E-state index is 13.0. The highest BCUT2D eigenvalue weighted by atomic mass is 33.1. The van der Waals surface area contributed by atoms with Crippen molar-refractivity contribution in [3.05, 3.63) is 169 Å². The summed E-state index contributed by atoms with van der Waals surface area (Å²) in [5, 5.41) is 51.6. The lowest BCUT2D eigenvalue weighted by molar-refractivity contribution is -0.142. The first-order valence-corrected chi connectivity index (χ1v) is 57.3. The predicted octanol–water partition coefficient (Wildman–Crippen LogP) is 25.0. The van der Waals surface area contributed by atoms with Crippen molar-refractivity contribution in [2.45, 2.75) is 383 Å². The van der Waals surface area contributed by atoms with Crippen LogP contribution in [-0.2, 0) is 62.0 Å². The summed E-state index contributed by atoms with van der Waals surface area (Å²) in [6.07, 6.45) is 47.5. The lowest BCUT2D eigenvalue weighted by Crippen LogP contribution is -2.45. The van der Waals surface area contributed by atoms with Crippen molar-refractivity contribution >= 4 is 154 Å². The molecule has 3 unspecified atom stereocenters. The molecule has 3 heterocycles. The van der Waals surface area contributed by atoms with Crippen LogP contribution in [-0.4, -0.2) is 224 Å². The molecule has 0 aliphatic carbocycles. The Bertz CT molecular complexity index is 4200. The first-order valence-electron chi connectivity index (χ1n) is 50.4. The fourth-order valence-electron chi connectivity index (χ4n) is 14.2. The van der Waals surface area contributed by atoms with E-state index in [9.17, 15) is 62.6 Å². The fourth-order valence-corrected chi connectivity index (χ4v) is 21.1. The highest BCUT2D eigenvalue weighted by Crippen LogP contribution is 2.45. The number of ether oxygens (including phenoxy) is 5. The van der Waals surface area contributed by atoms with Crippen molar-refractivity contribution in [2.75, 3.05) is 47.4 Å². The molecular formula is C108H171N7O22S7. The lowest BCUT2D eigenvalue weighted by atomic mass is 10.1. The van der Waals surface area contributed by atoms with Gasteiger partial charge in [0.2, 0.25) is 11.8 Å². The summed E-state index contributed by atoms with van der Waals surface area (Å²) in [6, 6.07) is 27.8. The number of carbonyl (C=O) groups is 12. The van der Waals surface area contributed by atoms with E-state index in [0.29, 0.717) is 17.9 Å². The molecule has 3 aromatic rings. The van der Waals surface area contributed by atoms with Gasteiger partial charge in [-0.2, -0.15) is 25.3 Å². The van der Waals surface area contributed by atoms with Crippen LogP contribution in [0.15, 0.2) is 152 Å². The average Bonchev–Trinajstić information content (AvgIpc) is 1.66. The van der Waals surface area contributed by atoms with Crippen molar-refractivity contribution < 1.29 is 107 Å². The van der Waals surface area contributed by atoms with Crippen LogP contribution in [0.4, 0.5) is 19.2 Å². The van der Waals surface area contributed by atoms with E-state index in [4.69, 9.17) is 45.1 Å². The number of thioether (sulfide) groups is 3. The molecule has 3 saturated heterocycles. The molecule has 0 saturated carbocycles. The predicted molar refractivity (Wildman–Crippen MR) is 594 cm³/mol. The number of hydrogen-bond acceptors (Lipinski definition) is 25. The van der Waals surface area contributed by atoms with Crippen molar-refractivity contribution in [3.63, 3.8) is 0 Å². The molecule has 3 fully saturated rings. The van der Waals surface area contributed by atoms with Crippen LogP contribution in [0.2, 0.25) is 0 Å². The standard InChI is InChI=1S/C30H52N2O6S2.C26H39NO4S.C18H33NO4S.C16H21NO2S.C15H19NO4S.C3H7NO2S/c1-25(33)31-27(19-15-11-7-3-5-9-13-17-21-29(35)36)23-39-40-24-28(32-26(2)34)20-16-12-8-4-6-10-14-18-22-30(37)38;1-26(2,3)31-25(29)27-22(20-32-24(27)21-16-12-11-13-17-21)18-14-9-7-5-6-8-10-15-19-23(28)30-4;1-18(2,3)23-17(22)19-15(14-24)12-10-8-6-4-5-7-9-11-13-16(20)21;1-5-13-11-20-14(12-9-7-6-8-10-12)17(13)15(18)19-16(2,3)4;1-15(2,3)20-14(19)16-11(13(17)18)9-21-12(16)10-7-5-4-6-8-10;4-2(1-7)3(5)6/h15-16,19-20,27-28H,3-14,17-18,21-24H2,1-2H3,(H,31,33)(H,32,34)(H,35,36)(H,37,38);11-14,16-18,22,24H,5-10,15,19-20H2,1-4H3;10,12,15,24H,4-9,11,13-14H2,1-3H3,(H,19,22)(H,20,21);5-10,13-14H,1,11H2,2-4H3;4-8,11-12H,9H2,1-3H3,(H,17,18);2,7H,1,4H2,(H,5,6)/b19-15+,20-16+;18-14+;12-10+;;;/t27-,28-;22-,24?;15-;13-,14?;11-,12?;2-/m111100/s1. The SMILES string of the molecule is C=C[C@@H]1CSC(c2ccccc2)N1C(=O)OC(C)(C)C.CC(=O)N[C@H](/C=C/CCCCCCCCC(=O)O)CSSC[C@@H](/C=C/CCCCCCCCC(=O)O)NC(C)=O.CC(C)(C)OC(=O)N1C(c2ccccc2)SC[C@H]1C(=O)O.CC(C)(C)OC(=O)N[C@H](/C=C/CCCCCCCCC(=O)O)CS.COC(=O)CCCCCCCC/C=C/[C@@H]1CSC(c2ccccc2)N1C(=O)OC(C)(C)C.N[C@@H](CS)C(=O)O. The maximum atomic E-state index is 13.0. The number of carbonyl (C=O) groups excluding carboxylic acids is 7. The third kappa shape index (κ3) is 68.2. The Morgan fingerprint density at radius 2 is 0.722 bits per heavy atom. The first-order chi connectivity index (χ1) is 68.2. The topological polar surface area (TPSA) is 424 Å². The van der Waals surface area contributed by atoms with E-state index in [1.165, 1.54) is 50.5 Å². The van der Waals surface area contributed by atoms with E-state index < -0.39 is 76.5 Å². The maximum Gasteiger partial charge on any atom is 0.412 e. The largest absolute Gasteiger partial charge is 0.481 e. The van der Waals surface area contributed by atoms with Gasteiger partial charge >= 0.3 is 60.2 Å². The molecule has 812 valence electrons. The van der Waals surface area contributed by atoms with Gasteiger partial charge in [-0.05, 0) is 177 Å². The van der Waals surface area contributed by atoms with Crippen LogP contribution in [0.1, 0.15) is 335 Å². The van der Waals surface area contributed by atoms with Crippen LogP contribution >= 0.6 is 82.1 Å². The van der Waals surface area contributed by atoms with Gasteiger partial charge in [-0.1, -0.05) is 270 Å². The van der Waals surface area contributed by atoms with Crippen molar-refractivity contribution in [1.29, 1.82) is 0 Å². The van der Waals surface area contributed by atoms with Gasteiger partial charge in [0.15, 0.2) is 0 Å². The fraction of sp³-hybridized carbons (Fsp3) is 0.630. The number of thiol groups is 2. The summed E-state index contributed by atoms with van der Waals surface area (Å²) in [5.41, 5.74) is 5.92. The number of nitrogens with two attached hydrogens (primary N) is 1. The number of benzene rings is 3. The molecule has 29 nitrogen and oxygen atoms in total. The normalized spacial score (nSPS) is 17.0. The second kappa shape index (κ2) is 77.9. The number of alkyl carbamates (subject to hydrolysis) is 1. The molecule has 3 aromatic carbocycles. The number of esters is 1. The third-order valence-corrected chi connectivity index (χ3v) is 28.5. The quantitative estimate of drug-likeness (QED) is 0.00624. The Hall–Kier alpha value is -8.39. The van der Waals surface area contributed by atoms with Gasteiger partial charge in [0, 0.05) is 79.8 Å². The Kier molecular flexibility index (Phi) is 72.3. The molecule has 144 heavy (non-hydrogen) atoms. The summed E-state index contributed by atoms with van der Waals surface area (Å²) in [5.74, 6) is -0.109. The smallest absolute Gasteiger partial charge is 0.412 e. The van der Waals surface area contributed by atoms with E-state index in [1.807, 2.05) is 158 Å². The third-order valence-electron chi connectivity index (χ3n) is 21.2. The molecule has 36 heteroatoms. The minimum atomic E-state index is -1.01. The van der Waals surface area contributed by atoms with Crippen molar-refractivity contribution in [3.8, 4) is 0 Å². The summed E-state index contributed by atoms with van der Waals surface area (Å²) in [7, 11) is 4.81. The second-order valence-electron chi connectivity index (χ2n) is 39.0. The minimum absolute atomic E-state index is 0.00551. The number of allylic oxidation sites excluding steroid dienone is 4. The van der Waals surface area contributed by atoms with Crippen LogP contribution in [0.3, 0.4) is 0 Å². The number of rotatable bonds is 56. The number of unbranched alkanes of at least 4 members (excludes halogenated alkanes) is 24. The number of carboxylic acid groups (broad SMARTS) is 5. The number of hydrogen-bond donors (Lipinski definition) is 11. The molecule has 3 aliphatic heterocycles. The molecule has 0 bridgehead atoms. The number of methoxy groups -OCH3 is 1. The zero-order chi connectivity index (χ0) is 108. The van der Waals surface area contributed by atoms with E-state index >= 15 is 0 Å².